The molecule has 0 unspecified atom stereocenters. The Bertz CT molecular complexity index is 1580. The highest BCUT2D eigenvalue weighted by Crippen LogP contribution is 2.29. The van der Waals surface area contributed by atoms with Crippen molar-refractivity contribution in [3.05, 3.63) is 94.5 Å². The van der Waals surface area contributed by atoms with Gasteiger partial charge in [-0.3, -0.25) is 9.52 Å². The maximum Gasteiger partial charge on any atom is 0.253 e. The van der Waals surface area contributed by atoms with Crippen molar-refractivity contribution >= 4 is 31.5 Å². The van der Waals surface area contributed by atoms with E-state index in [2.05, 4.69) is 10.8 Å². The molecule has 3 aromatic carbocycles. The van der Waals surface area contributed by atoms with E-state index < -0.39 is 19.9 Å². The first kappa shape index (κ1) is 27.4. The quantitative estimate of drug-likeness (QED) is 0.469. The van der Waals surface area contributed by atoms with Crippen molar-refractivity contribution in [3.63, 3.8) is 0 Å². The lowest BCUT2D eigenvalue weighted by molar-refractivity contribution is 0.0713. The summed E-state index contributed by atoms with van der Waals surface area (Å²) < 4.78 is 51.6. The minimum absolute atomic E-state index is 0.120. The lowest BCUT2D eigenvalue weighted by Gasteiger charge is -2.32. The molecule has 0 aliphatic carbocycles. The van der Waals surface area contributed by atoms with E-state index in [1.807, 2.05) is 24.3 Å². The van der Waals surface area contributed by atoms with Gasteiger partial charge in [0.2, 0.25) is 10.0 Å². The van der Waals surface area contributed by atoms with E-state index in [4.69, 9.17) is 5.26 Å². The Morgan fingerprint density at radius 2 is 1.61 bits per heavy atom. The molecule has 0 atom stereocenters. The number of hydrogen-bond donors (Lipinski definition) is 1. The number of benzene rings is 3. The second-order valence-corrected chi connectivity index (χ2v) is 13.3. The number of anilines is 1. The molecule has 1 aliphatic heterocycles. The fourth-order valence-electron chi connectivity index (χ4n) is 4.55. The monoisotopic (exact) mass is 551 g/mol. The van der Waals surface area contributed by atoms with Crippen molar-refractivity contribution in [2.24, 2.45) is 0 Å². The number of carbonyl (C=O) groups is 1. The fraction of sp³-hybridized carbons (Fsp3) is 0.286. The van der Waals surface area contributed by atoms with Gasteiger partial charge in [-0.1, -0.05) is 30.3 Å². The van der Waals surface area contributed by atoms with Gasteiger partial charge in [-0.15, -0.1) is 0 Å². The average Bonchev–Trinajstić information content (AvgIpc) is 2.89. The first-order valence-electron chi connectivity index (χ1n) is 12.1. The first-order chi connectivity index (χ1) is 17.9. The summed E-state index contributed by atoms with van der Waals surface area (Å²) >= 11 is 0. The molecule has 10 heteroatoms. The van der Waals surface area contributed by atoms with Gasteiger partial charge in [0.1, 0.15) is 0 Å². The predicted octanol–water partition coefficient (Wildman–Crippen LogP) is 4.23. The summed E-state index contributed by atoms with van der Waals surface area (Å²) in [7, 11) is -7.18. The van der Waals surface area contributed by atoms with E-state index >= 15 is 0 Å². The van der Waals surface area contributed by atoms with Crippen molar-refractivity contribution < 1.29 is 21.6 Å². The number of likely N-dealkylation sites (tertiary alicyclic amines) is 1. The molecule has 3 aromatic rings. The summed E-state index contributed by atoms with van der Waals surface area (Å²) in [5.74, 6) is -0.170. The van der Waals surface area contributed by atoms with Crippen LogP contribution in [0.25, 0.3) is 0 Å². The second kappa shape index (κ2) is 11.0. The molecule has 8 nitrogen and oxygen atoms in total. The fourth-order valence-corrected chi connectivity index (χ4v) is 6.44. The molecule has 0 saturated carbocycles. The molecule has 1 saturated heterocycles. The summed E-state index contributed by atoms with van der Waals surface area (Å²) in [5, 5.41) is 8.99. The smallest absolute Gasteiger partial charge is 0.253 e. The zero-order chi connectivity index (χ0) is 27.5. The Hall–Kier alpha value is -3.68. The van der Waals surface area contributed by atoms with Gasteiger partial charge in [0.15, 0.2) is 9.84 Å². The summed E-state index contributed by atoms with van der Waals surface area (Å²) in [6.07, 6.45) is 2.71. The summed E-state index contributed by atoms with van der Waals surface area (Å²) in [6, 6.07) is 20.4. The Morgan fingerprint density at radius 1 is 0.974 bits per heavy atom. The molecule has 1 fully saturated rings. The number of rotatable bonds is 7. The molecule has 0 spiro atoms. The SMILES string of the molecule is Cc1ccc(C(=O)N2CCC(c3ccc(C#N)cc3)CC2)cc1NS(=O)(=O)Cc1ccc(S(C)(=O)=O)cc1. The highest BCUT2D eigenvalue weighted by atomic mass is 32.2. The second-order valence-electron chi connectivity index (χ2n) is 9.61. The number of sulfone groups is 1. The minimum Gasteiger partial charge on any atom is -0.339 e. The third kappa shape index (κ3) is 6.60. The normalized spacial score (nSPS) is 14.6. The zero-order valence-electron chi connectivity index (χ0n) is 21.2. The van der Waals surface area contributed by atoms with E-state index in [1.165, 1.54) is 24.3 Å². The number of aryl methyl sites for hydroxylation is 1. The number of nitriles is 1. The van der Waals surface area contributed by atoms with Crippen molar-refractivity contribution in [1.82, 2.24) is 4.90 Å². The van der Waals surface area contributed by atoms with Gasteiger partial charge in [-0.25, -0.2) is 16.8 Å². The van der Waals surface area contributed by atoms with Crippen LogP contribution in [0.5, 0.6) is 0 Å². The van der Waals surface area contributed by atoms with Crippen LogP contribution in [0.3, 0.4) is 0 Å². The summed E-state index contributed by atoms with van der Waals surface area (Å²) in [6.45, 7) is 2.93. The van der Waals surface area contributed by atoms with Crippen molar-refractivity contribution in [1.29, 1.82) is 5.26 Å². The van der Waals surface area contributed by atoms with Gasteiger partial charge in [0.05, 0.1) is 28.0 Å². The molecule has 0 radical (unpaired) electrons. The highest BCUT2D eigenvalue weighted by molar-refractivity contribution is 7.92. The molecule has 4 rings (SSSR count). The number of hydrogen-bond acceptors (Lipinski definition) is 6. The van der Waals surface area contributed by atoms with Crippen LogP contribution < -0.4 is 4.72 Å². The molecular weight excluding hydrogens is 522 g/mol. The average molecular weight is 552 g/mol. The van der Waals surface area contributed by atoms with Crippen LogP contribution in [-0.4, -0.2) is 47.0 Å². The molecule has 1 amide bonds. The third-order valence-corrected chi connectivity index (χ3v) is 9.12. The molecule has 0 bridgehead atoms. The van der Waals surface area contributed by atoms with Crippen LogP contribution in [0.1, 0.15) is 51.4 Å². The standard InChI is InChI=1S/C28H29N3O5S2/c1-20-3-8-25(28(32)31-15-13-24(14-16-31)23-9-4-21(18-29)5-10-23)17-27(20)30-38(35,36)19-22-6-11-26(12-7-22)37(2,33)34/h3-12,17,24,30H,13-16,19H2,1-2H3. The molecule has 38 heavy (non-hydrogen) atoms. The maximum absolute atomic E-state index is 13.2. The number of nitrogens with one attached hydrogen (secondary N) is 1. The van der Waals surface area contributed by atoms with E-state index in [1.54, 1.807) is 30.0 Å². The lowest BCUT2D eigenvalue weighted by Crippen LogP contribution is -2.38. The van der Waals surface area contributed by atoms with Gasteiger partial charge in [0, 0.05) is 24.9 Å². The van der Waals surface area contributed by atoms with Crippen LogP contribution in [0.2, 0.25) is 0 Å². The van der Waals surface area contributed by atoms with E-state index in [9.17, 15) is 21.6 Å². The number of amides is 1. The Balaban J connectivity index is 1.41. The van der Waals surface area contributed by atoms with Crippen molar-refractivity contribution in [3.8, 4) is 6.07 Å². The van der Waals surface area contributed by atoms with E-state index in [-0.39, 0.29) is 16.6 Å². The van der Waals surface area contributed by atoms with Gasteiger partial charge < -0.3 is 4.90 Å². The van der Waals surface area contributed by atoms with Crippen LogP contribution in [0.15, 0.2) is 71.6 Å². The number of piperidine rings is 1. The number of carbonyl (C=O) groups excluding carboxylic acids is 1. The number of nitrogens with zero attached hydrogens (tertiary/aromatic N) is 2. The van der Waals surface area contributed by atoms with E-state index in [0.717, 1.165) is 24.7 Å². The van der Waals surface area contributed by atoms with Crippen LogP contribution in [0, 0.1) is 18.3 Å². The minimum atomic E-state index is -3.81. The predicted molar refractivity (Wildman–Crippen MR) is 146 cm³/mol. The molecule has 0 aromatic heterocycles. The Labute approximate surface area is 223 Å². The van der Waals surface area contributed by atoms with Crippen LogP contribution in [0.4, 0.5) is 5.69 Å². The highest BCUT2D eigenvalue weighted by Gasteiger charge is 2.25. The molecule has 1 N–H and O–H groups in total. The van der Waals surface area contributed by atoms with Crippen LogP contribution >= 0.6 is 0 Å². The van der Waals surface area contributed by atoms with Gasteiger partial charge in [-0.05, 0) is 78.8 Å². The topological polar surface area (TPSA) is 124 Å². The van der Waals surface area contributed by atoms with Crippen molar-refractivity contribution in [2.45, 2.75) is 36.3 Å². The van der Waals surface area contributed by atoms with E-state index in [0.29, 0.717) is 46.9 Å². The first-order valence-corrected chi connectivity index (χ1v) is 15.7. The Morgan fingerprint density at radius 3 is 2.18 bits per heavy atom. The zero-order valence-corrected chi connectivity index (χ0v) is 22.8. The molecule has 1 heterocycles. The van der Waals surface area contributed by atoms with Crippen molar-refractivity contribution in [2.75, 3.05) is 24.1 Å². The lowest BCUT2D eigenvalue weighted by atomic mass is 9.89. The van der Waals surface area contributed by atoms with Gasteiger partial charge in [-0.2, -0.15) is 5.26 Å². The largest absolute Gasteiger partial charge is 0.339 e. The molecular formula is C28H29N3O5S2. The Kier molecular flexibility index (Phi) is 7.90. The summed E-state index contributed by atoms with van der Waals surface area (Å²) in [5.41, 5.74) is 3.64. The summed E-state index contributed by atoms with van der Waals surface area (Å²) in [4.78, 5) is 15.1. The third-order valence-electron chi connectivity index (χ3n) is 6.75. The van der Waals surface area contributed by atoms with Gasteiger partial charge in [0.25, 0.3) is 5.91 Å². The molecule has 1 aliphatic rings. The van der Waals surface area contributed by atoms with Crippen LogP contribution in [-0.2, 0) is 25.6 Å². The van der Waals surface area contributed by atoms with Gasteiger partial charge >= 0.3 is 0 Å². The maximum atomic E-state index is 13.2. The molecule has 198 valence electrons. The number of sulfonamides is 1.